The second kappa shape index (κ2) is 6.01. The summed E-state index contributed by atoms with van der Waals surface area (Å²) in [6, 6.07) is 8.94. The van der Waals surface area contributed by atoms with Crippen molar-refractivity contribution >= 4 is 5.91 Å². The third kappa shape index (κ3) is 3.63. The summed E-state index contributed by atoms with van der Waals surface area (Å²) >= 11 is 0. The molecule has 112 valence electrons. The van der Waals surface area contributed by atoms with Crippen molar-refractivity contribution in [3.63, 3.8) is 0 Å². The van der Waals surface area contributed by atoms with E-state index in [1.165, 1.54) is 4.80 Å². The molecule has 3 N–H and O–H groups in total. The SMILES string of the molecule is CC(C(=O)NC(C)(C)CN)n1nnc(-c2ccccc2)n1. The number of benzene rings is 1. The van der Waals surface area contributed by atoms with Gasteiger partial charge in [-0.1, -0.05) is 30.3 Å². The van der Waals surface area contributed by atoms with Crippen LogP contribution in [0.3, 0.4) is 0 Å². The third-order valence-electron chi connectivity index (χ3n) is 3.16. The Balaban J connectivity index is 2.12. The number of hydrogen-bond donors (Lipinski definition) is 2. The van der Waals surface area contributed by atoms with Crippen molar-refractivity contribution in [1.29, 1.82) is 0 Å². The van der Waals surface area contributed by atoms with Gasteiger partial charge in [0, 0.05) is 17.6 Å². The first-order valence-electron chi connectivity index (χ1n) is 6.80. The Hall–Kier alpha value is -2.28. The Morgan fingerprint density at radius 1 is 1.38 bits per heavy atom. The fourth-order valence-electron chi connectivity index (χ4n) is 1.69. The number of nitrogens with zero attached hydrogens (tertiary/aromatic N) is 4. The molecule has 1 unspecified atom stereocenters. The predicted octanol–water partition coefficient (Wildman–Crippen LogP) is 0.755. The molecule has 0 bridgehead atoms. The molecule has 0 spiro atoms. The van der Waals surface area contributed by atoms with Crippen molar-refractivity contribution in [2.24, 2.45) is 5.73 Å². The molecule has 0 saturated heterocycles. The molecule has 0 saturated carbocycles. The van der Waals surface area contributed by atoms with Crippen LogP contribution in [0.4, 0.5) is 0 Å². The summed E-state index contributed by atoms with van der Waals surface area (Å²) in [5, 5.41) is 15.1. The van der Waals surface area contributed by atoms with E-state index in [-0.39, 0.29) is 5.91 Å². The van der Waals surface area contributed by atoms with Crippen molar-refractivity contribution in [1.82, 2.24) is 25.5 Å². The lowest BCUT2D eigenvalue weighted by Crippen LogP contribution is -2.50. The number of aromatic nitrogens is 4. The molecule has 1 aromatic carbocycles. The van der Waals surface area contributed by atoms with Crippen LogP contribution in [0, 0.1) is 0 Å². The standard InChI is InChI=1S/C14H20N6O/c1-10(13(21)16-14(2,3)9-15)20-18-12(17-19-20)11-7-5-4-6-8-11/h4-8,10H,9,15H2,1-3H3,(H,16,21). The third-order valence-corrected chi connectivity index (χ3v) is 3.16. The van der Waals surface area contributed by atoms with Crippen molar-refractivity contribution in [2.75, 3.05) is 6.54 Å². The van der Waals surface area contributed by atoms with Gasteiger partial charge in [0.2, 0.25) is 11.7 Å². The van der Waals surface area contributed by atoms with Gasteiger partial charge in [-0.3, -0.25) is 4.79 Å². The summed E-state index contributed by atoms with van der Waals surface area (Å²) in [5.41, 5.74) is 6.00. The molecule has 1 heterocycles. The molecule has 1 aromatic heterocycles. The second-order valence-electron chi connectivity index (χ2n) is 5.55. The van der Waals surface area contributed by atoms with E-state index in [0.29, 0.717) is 12.4 Å². The van der Waals surface area contributed by atoms with E-state index < -0.39 is 11.6 Å². The summed E-state index contributed by atoms with van der Waals surface area (Å²) in [7, 11) is 0. The minimum Gasteiger partial charge on any atom is -0.348 e. The monoisotopic (exact) mass is 288 g/mol. The van der Waals surface area contributed by atoms with Crippen LogP contribution in [0.2, 0.25) is 0 Å². The molecule has 1 atom stereocenters. The number of nitrogens with two attached hydrogens (primary N) is 1. The lowest BCUT2D eigenvalue weighted by Gasteiger charge is -2.25. The van der Waals surface area contributed by atoms with Crippen molar-refractivity contribution in [3.05, 3.63) is 30.3 Å². The van der Waals surface area contributed by atoms with E-state index in [2.05, 4.69) is 20.7 Å². The van der Waals surface area contributed by atoms with Crippen LogP contribution in [0.5, 0.6) is 0 Å². The van der Waals surface area contributed by atoms with Gasteiger partial charge < -0.3 is 11.1 Å². The summed E-state index contributed by atoms with van der Waals surface area (Å²) in [6.07, 6.45) is 0. The van der Waals surface area contributed by atoms with Gasteiger partial charge in [-0.2, -0.15) is 4.80 Å². The van der Waals surface area contributed by atoms with Crippen LogP contribution in [0.1, 0.15) is 26.8 Å². The van der Waals surface area contributed by atoms with Gasteiger partial charge in [-0.15, -0.1) is 10.2 Å². The Labute approximate surface area is 123 Å². The highest BCUT2D eigenvalue weighted by Crippen LogP contribution is 2.14. The molecule has 7 nitrogen and oxygen atoms in total. The fourth-order valence-corrected chi connectivity index (χ4v) is 1.69. The molecular weight excluding hydrogens is 268 g/mol. The number of carbonyl (C=O) groups is 1. The molecule has 7 heteroatoms. The fraction of sp³-hybridized carbons (Fsp3) is 0.429. The van der Waals surface area contributed by atoms with Gasteiger partial charge in [0.1, 0.15) is 6.04 Å². The number of hydrogen-bond acceptors (Lipinski definition) is 5. The van der Waals surface area contributed by atoms with Gasteiger partial charge in [0.05, 0.1) is 0 Å². The maximum absolute atomic E-state index is 12.2. The van der Waals surface area contributed by atoms with Gasteiger partial charge in [0.25, 0.3) is 0 Å². The summed E-state index contributed by atoms with van der Waals surface area (Å²) in [4.78, 5) is 13.5. The molecule has 0 aliphatic carbocycles. The average Bonchev–Trinajstić information content (AvgIpc) is 2.96. The number of nitrogens with one attached hydrogen (secondary N) is 1. The average molecular weight is 288 g/mol. The van der Waals surface area contributed by atoms with Crippen LogP contribution in [0.15, 0.2) is 30.3 Å². The minimum atomic E-state index is -0.555. The molecule has 2 aromatic rings. The maximum atomic E-state index is 12.2. The van der Waals surface area contributed by atoms with E-state index in [1.54, 1.807) is 6.92 Å². The van der Waals surface area contributed by atoms with Crippen LogP contribution >= 0.6 is 0 Å². The molecule has 2 rings (SSSR count). The van der Waals surface area contributed by atoms with Gasteiger partial charge in [0.15, 0.2) is 0 Å². The van der Waals surface area contributed by atoms with E-state index in [1.807, 2.05) is 44.2 Å². The molecule has 0 fully saturated rings. The van der Waals surface area contributed by atoms with Crippen molar-refractivity contribution in [2.45, 2.75) is 32.4 Å². The van der Waals surface area contributed by atoms with E-state index in [0.717, 1.165) is 5.56 Å². The molecular formula is C14H20N6O. The number of amides is 1. The zero-order valence-corrected chi connectivity index (χ0v) is 12.4. The van der Waals surface area contributed by atoms with Gasteiger partial charge in [-0.05, 0) is 26.0 Å². The Morgan fingerprint density at radius 3 is 2.67 bits per heavy atom. The zero-order chi connectivity index (χ0) is 15.5. The first-order chi connectivity index (χ1) is 9.93. The van der Waals surface area contributed by atoms with Crippen LogP contribution in [-0.2, 0) is 4.79 Å². The Kier molecular flexibility index (Phi) is 4.32. The Morgan fingerprint density at radius 2 is 2.05 bits per heavy atom. The summed E-state index contributed by atoms with van der Waals surface area (Å²) < 4.78 is 0. The molecule has 0 aliphatic rings. The van der Waals surface area contributed by atoms with Gasteiger partial charge >= 0.3 is 0 Å². The van der Waals surface area contributed by atoms with Gasteiger partial charge in [-0.25, -0.2) is 0 Å². The normalized spacial score (nSPS) is 13.0. The smallest absolute Gasteiger partial charge is 0.246 e. The highest BCUT2D eigenvalue weighted by Gasteiger charge is 2.24. The first-order valence-corrected chi connectivity index (χ1v) is 6.80. The first kappa shape index (κ1) is 15.1. The second-order valence-corrected chi connectivity index (χ2v) is 5.55. The maximum Gasteiger partial charge on any atom is 0.246 e. The molecule has 1 amide bonds. The zero-order valence-electron chi connectivity index (χ0n) is 12.4. The van der Waals surface area contributed by atoms with Crippen molar-refractivity contribution in [3.8, 4) is 11.4 Å². The highest BCUT2D eigenvalue weighted by molar-refractivity contribution is 5.80. The van der Waals surface area contributed by atoms with E-state index in [9.17, 15) is 4.79 Å². The lowest BCUT2D eigenvalue weighted by atomic mass is 10.1. The topological polar surface area (TPSA) is 98.7 Å². The lowest BCUT2D eigenvalue weighted by molar-refractivity contribution is -0.126. The van der Waals surface area contributed by atoms with Crippen LogP contribution in [0.25, 0.3) is 11.4 Å². The highest BCUT2D eigenvalue weighted by atomic mass is 16.2. The van der Waals surface area contributed by atoms with E-state index >= 15 is 0 Å². The van der Waals surface area contributed by atoms with Crippen LogP contribution in [-0.4, -0.2) is 38.2 Å². The number of carbonyl (C=O) groups excluding carboxylic acids is 1. The van der Waals surface area contributed by atoms with Crippen molar-refractivity contribution < 1.29 is 4.79 Å². The van der Waals surface area contributed by atoms with E-state index in [4.69, 9.17) is 5.73 Å². The largest absolute Gasteiger partial charge is 0.348 e. The molecule has 0 radical (unpaired) electrons. The molecule has 21 heavy (non-hydrogen) atoms. The van der Waals surface area contributed by atoms with Crippen LogP contribution < -0.4 is 11.1 Å². The molecule has 0 aliphatic heterocycles. The summed E-state index contributed by atoms with van der Waals surface area (Å²) in [5.74, 6) is 0.302. The summed E-state index contributed by atoms with van der Waals surface area (Å²) in [6.45, 7) is 5.80. The number of tetrazole rings is 1. The Bertz CT molecular complexity index is 607. The number of rotatable bonds is 5. The predicted molar refractivity (Wildman–Crippen MR) is 79.2 cm³/mol. The quantitative estimate of drug-likeness (QED) is 0.846. The minimum absolute atomic E-state index is 0.192.